The molecule has 0 aliphatic carbocycles. The molecule has 3 rings (SSSR count). The minimum atomic E-state index is 0.154. The SMILES string of the molecule is OCCc1c[nH]c2cc3c(cc12)OCO3. The van der Waals surface area contributed by atoms with Crippen LogP contribution in [0.15, 0.2) is 18.3 Å². The molecule has 1 aromatic carbocycles. The molecule has 0 spiro atoms. The van der Waals surface area contributed by atoms with Gasteiger partial charge in [-0.25, -0.2) is 0 Å². The van der Waals surface area contributed by atoms with Crippen LogP contribution in [0, 0.1) is 0 Å². The lowest BCUT2D eigenvalue weighted by Gasteiger charge is -1.98. The minimum Gasteiger partial charge on any atom is -0.454 e. The van der Waals surface area contributed by atoms with Crippen LogP contribution < -0.4 is 9.47 Å². The Morgan fingerprint density at radius 1 is 1.27 bits per heavy atom. The first-order chi connectivity index (χ1) is 7.38. The van der Waals surface area contributed by atoms with Gasteiger partial charge in [0.1, 0.15) is 0 Å². The van der Waals surface area contributed by atoms with E-state index in [0.717, 1.165) is 28.0 Å². The lowest BCUT2D eigenvalue weighted by molar-refractivity contribution is 0.174. The van der Waals surface area contributed by atoms with Crippen LogP contribution in [0.3, 0.4) is 0 Å². The van der Waals surface area contributed by atoms with Crippen LogP contribution in [0.4, 0.5) is 0 Å². The molecule has 15 heavy (non-hydrogen) atoms. The molecular formula is C11H11NO3. The maximum absolute atomic E-state index is 8.92. The predicted molar refractivity (Wildman–Crippen MR) is 55.2 cm³/mol. The number of aromatic nitrogens is 1. The van der Waals surface area contributed by atoms with Gasteiger partial charge in [0.05, 0.1) is 0 Å². The van der Waals surface area contributed by atoms with E-state index < -0.39 is 0 Å². The van der Waals surface area contributed by atoms with Crippen molar-refractivity contribution in [2.24, 2.45) is 0 Å². The zero-order valence-electron chi connectivity index (χ0n) is 8.12. The summed E-state index contributed by atoms with van der Waals surface area (Å²) in [6, 6.07) is 3.89. The van der Waals surface area contributed by atoms with Gasteiger partial charge >= 0.3 is 0 Å². The number of hydrogen-bond acceptors (Lipinski definition) is 3. The lowest BCUT2D eigenvalue weighted by atomic mass is 10.1. The summed E-state index contributed by atoms with van der Waals surface area (Å²) in [5.41, 5.74) is 2.12. The summed E-state index contributed by atoms with van der Waals surface area (Å²) in [4.78, 5) is 3.16. The number of ether oxygens (including phenoxy) is 2. The van der Waals surface area contributed by atoms with Gasteiger partial charge in [-0.15, -0.1) is 0 Å². The summed E-state index contributed by atoms with van der Waals surface area (Å²) in [7, 11) is 0. The molecule has 0 atom stereocenters. The maximum atomic E-state index is 8.92. The third-order valence-corrected chi connectivity index (χ3v) is 2.64. The number of fused-ring (bicyclic) bond motifs is 2. The average Bonchev–Trinajstić information content (AvgIpc) is 2.82. The van der Waals surface area contributed by atoms with E-state index in [1.807, 2.05) is 18.3 Å². The summed E-state index contributed by atoms with van der Waals surface area (Å²) < 4.78 is 10.6. The molecule has 0 unspecified atom stereocenters. The number of hydrogen-bond donors (Lipinski definition) is 2. The van der Waals surface area contributed by atoms with E-state index in [-0.39, 0.29) is 13.4 Å². The van der Waals surface area contributed by atoms with Crippen molar-refractivity contribution in [1.82, 2.24) is 4.98 Å². The summed E-state index contributed by atoms with van der Waals surface area (Å²) >= 11 is 0. The van der Waals surface area contributed by atoms with Gasteiger partial charge in [0.2, 0.25) is 6.79 Å². The van der Waals surface area contributed by atoms with Gasteiger partial charge in [0.15, 0.2) is 11.5 Å². The van der Waals surface area contributed by atoms with Crippen molar-refractivity contribution < 1.29 is 14.6 Å². The van der Waals surface area contributed by atoms with E-state index in [0.29, 0.717) is 6.42 Å². The molecule has 1 aliphatic heterocycles. The molecule has 0 saturated carbocycles. The van der Waals surface area contributed by atoms with Crippen molar-refractivity contribution in [3.8, 4) is 11.5 Å². The van der Waals surface area contributed by atoms with Gasteiger partial charge in [0, 0.05) is 29.8 Å². The molecule has 2 aromatic rings. The van der Waals surface area contributed by atoms with E-state index in [1.54, 1.807) is 0 Å². The van der Waals surface area contributed by atoms with Crippen molar-refractivity contribution in [2.45, 2.75) is 6.42 Å². The van der Waals surface area contributed by atoms with Crippen molar-refractivity contribution >= 4 is 10.9 Å². The quantitative estimate of drug-likeness (QED) is 0.779. The largest absolute Gasteiger partial charge is 0.454 e. The van der Waals surface area contributed by atoms with E-state index in [2.05, 4.69) is 4.98 Å². The number of rotatable bonds is 2. The molecular weight excluding hydrogens is 194 g/mol. The van der Waals surface area contributed by atoms with Gasteiger partial charge in [-0.3, -0.25) is 0 Å². The van der Waals surface area contributed by atoms with Gasteiger partial charge in [-0.2, -0.15) is 0 Å². The van der Waals surface area contributed by atoms with E-state index in [1.165, 1.54) is 0 Å². The van der Waals surface area contributed by atoms with Crippen LogP contribution in [0.2, 0.25) is 0 Å². The minimum absolute atomic E-state index is 0.154. The second kappa shape index (κ2) is 3.17. The fourth-order valence-corrected chi connectivity index (χ4v) is 1.90. The molecule has 4 heteroatoms. The van der Waals surface area contributed by atoms with Crippen LogP contribution in [-0.2, 0) is 6.42 Å². The Labute approximate surface area is 86.4 Å². The first-order valence-corrected chi connectivity index (χ1v) is 4.89. The molecule has 0 fully saturated rings. The highest BCUT2D eigenvalue weighted by atomic mass is 16.7. The van der Waals surface area contributed by atoms with Gasteiger partial charge in [0.25, 0.3) is 0 Å². The number of aliphatic hydroxyl groups excluding tert-OH is 1. The molecule has 0 radical (unpaired) electrons. The second-order valence-corrected chi connectivity index (χ2v) is 3.54. The van der Waals surface area contributed by atoms with Crippen LogP contribution in [-0.4, -0.2) is 23.5 Å². The summed E-state index contributed by atoms with van der Waals surface area (Å²) in [6.07, 6.45) is 2.57. The summed E-state index contributed by atoms with van der Waals surface area (Å²) in [5.74, 6) is 1.56. The summed E-state index contributed by atoms with van der Waals surface area (Å²) in [6.45, 7) is 0.443. The highest BCUT2D eigenvalue weighted by Gasteiger charge is 2.16. The summed E-state index contributed by atoms with van der Waals surface area (Å²) in [5, 5.41) is 10.0. The Morgan fingerprint density at radius 3 is 2.87 bits per heavy atom. The molecule has 0 saturated heterocycles. The predicted octanol–water partition coefficient (Wildman–Crippen LogP) is 1.43. The highest BCUT2D eigenvalue weighted by Crippen LogP contribution is 2.36. The fourth-order valence-electron chi connectivity index (χ4n) is 1.90. The highest BCUT2D eigenvalue weighted by molar-refractivity contribution is 5.86. The molecule has 2 heterocycles. The monoisotopic (exact) mass is 205 g/mol. The van der Waals surface area contributed by atoms with Crippen molar-refractivity contribution in [3.63, 3.8) is 0 Å². The number of aromatic amines is 1. The van der Waals surface area contributed by atoms with Crippen molar-refractivity contribution in [3.05, 3.63) is 23.9 Å². The first-order valence-electron chi connectivity index (χ1n) is 4.89. The van der Waals surface area contributed by atoms with Crippen molar-refractivity contribution in [2.75, 3.05) is 13.4 Å². The first kappa shape index (κ1) is 8.61. The number of aliphatic hydroxyl groups is 1. The average molecular weight is 205 g/mol. The Balaban J connectivity index is 2.18. The van der Waals surface area contributed by atoms with Crippen molar-refractivity contribution in [1.29, 1.82) is 0 Å². The van der Waals surface area contributed by atoms with Gasteiger partial charge in [-0.05, 0) is 18.1 Å². The van der Waals surface area contributed by atoms with Crippen LogP contribution in [0.25, 0.3) is 10.9 Å². The molecule has 2 N–H and O–H groups in total. The molecule has 4 nitrogen and oxygen atoms in total. The van der Waals surface area contributed by atoms with E-state index >= 15 is 0 Å². The molecule has 0 bridgehead atoms. The maximum Gasteiger partial charge on any atom is 0.231 e. The Kier molecular flexibility index (Phi) is 1.82. The smallest absolute Gasteiger partial charge is 0.231 e. The Hall–Kier alpha value is -1.68. The topological polar surface area (TPSA) is 54.5 Å². The van der Waals surface area contributed by atoms with E-state index in [4.69, 9.17) is 14.6 Å². The third-order valence-electron chi connectivity index (χ3n) is 2.64. The Morgan fingerprint density at radius 2 is 2.07 bits per heavy atom. The molecule has 78 valence electrons. The van der Waals surface area contributed by atoms with Crippen LogP contribution >= 0.6 is 0 Å². The van der Waals surface area contributed by atoms with Gasteiger partial charge in [-0.1, -0.05) is 0 Å². The number of nitrogens with one attached hydrogen (secondary N) is 1. The molecule has 1 aromatic heterocycles. The van der Waals surface area contributed by atoms with Crippen LogP contribution in [0.5, 0.6) is 11.5 Å². The Bertz CT molecular complexity index is 504. The zero-order valence-corrected chi connectivity index (χ0v) is 8.12. The van der Waals surface area contributed by atoms with Gasteiger partial charge < -0.3 is 19.6 Å². The molecule has 0 amide bonds. The van der Waals surface area contributed by atoms with Crippen LogP contribution in [0.1, 0.15) is 5.56 Å². The number of H-pyrrole nitrogens is 1. The normalized spacial score (nSPS) is 13.7. The second-order valence-electron chi connectivity index (χ2n) is 3.54. The lowest BCUT2D eigenvalue weighted by Crippen LogP contribution is -1.93. The standard InChI is InChI=1S/C11H11NO3/c13-2-1-7-5-12-9-4-11-10(3-8(7)9)14-6-15-11/h3-5,12-13H,1-2,6H2. The fraction of sp³-hybridized carbons (Fsp3) is 0.273. The van der Waals surface area contributed by atoms with E-state index in [9.17, 15) is 0 Å². The zero-order chi connectivity index (χ0) is 10.3. The molecule has 1 aliphatic rings. The third kappa shape index (κ3) is 1.26. The number of benzene rings is 1.